The molecule has 5 nitrogen and oxygen atoms in total. The van der Waals surface area contributed by atoms with Crippen LogP contribution in [-0.4, -0.2) is 16.7 Å². The van der Waals surface area contributed by atoms with Gasteiger partial charge in [-0.15, -0.1) is 0 Å². The van der Waals surface area contributed by atoms with E-state index in [1.807, 2.05) is 0 Å². The molecule has 0 aliphatic carbocycles. The van der Waals surface area contributed by atoms with E-state index in [2.05, 4.69) is 32.1 Å². The second kappa shape index (κ2) is 5.27. The summed E-state index contributed by atoms with van der Waals surface area (Å²) in [4.78, 5) is 2.50. The van der Waals surface area contributed by atoms with Gasteiger partial charge in [0.15, 0.2) is 5.69 Å². The zero-order valence-electron chi connectivity index (χ0n) is 8.84. The molecule has 1 rings (SSSR count). The first-order chi connectivity index (χ1) is 7.96. The summed E-state index contributed by atoms with van der Waals surface area (Å²) in [7, 11) is 0. The third-order valence-electron chi connectivity index (χ3n) is 1.83. The third-order valence-corrected chi connectivity index (χ3v) is 1.83. The minimum Gasteiger partial charge on any atom is -0.281 e. The molecule has 0 unspecified atom stereocenters. The number of aromatic nitrogens is 2. The van der Waals surface area contributed by atoms with Gasteiger partial charge in [-0.05, 0) is 12.5 Å². The molecule has 0 saturated heterocycles. The van der Waals surface area contributed by atoms with Gasteiger partial charge in [-0.25, -0.2) is 0 Å². The molecule has 0 spiro atoms. The SMILES string of the molecule is Cc1[nH]nc(C(F)(F)F)c1C#CCCN=[N+]=[N-]. The molecular weight excluding hydrogens is 235 g/mol. The Morgan fingerprint density at radius 1 is 1.53 bits per heavy atom. The third kappa shape index (κ3) is 3.43. The van der Waals surface area contributed by atoms with Crippen LogP contribution in [0, 0.1) is 18.8 Å². The Balaban J connectivity index is 2.90. The number of azide groups is 1. The van der Waals surface area contributed by atoms with Gasteiger partial charge in [0.2, 0.25) is 0 Å². The largest absolute Gasteiger partial charge is 0.436 e. The number of aryl methyl sites for hydroxylation is 1. The minimum absolute atomic E-state index is 0.127. The van der Waals surface area contributed by atoms with Crippen molar-refractivity contribution < 1.29 is 13.2 Å². The molecule has 1 heterocycles. The number of nitrogens with one attached hydrogen (secondary N) is 1. The monoisotopic (exact) mass is 243 g/mol. The molecule has 0 aliphatic heterocycles. The maximum Gasteiger partial charge on any atom is 0.436 e. The normalized spacial score (nSPS) is 10.4. The molecule has 0 atom stereocenters. The number of alkyl halides is 3. The Labute approximate surface area is 94.6 Å². The molecule has 0 aliphatic rings. The van der Waals surface area contributed by atoms with E-state index in [1.165, 1.54) is 6.92 Å². The molecule has 90 valence electrons. The molecule has 1 N–H and O–H groups in total. The maximum absolute atomic E-state index is 12.5. The topological polar surface area (TPSA) is 77.4 Å². The van der Waals surface area contributed by atoms with Crippen LogP contribution in [0.1, 0.15) is 23.4 Å². The Bertz CT molecular complexity index is 499. The Morgan fingerprint density at radius 2 is 2.24 bits per heavy atom. The van der Waals surface area contributed by atoms with E-state index in [4.69, 9.17) is 5.53 Å². The fraction of sp³-hybridized carbons (Fsp3) is 0.444. The molecule has 1 aromatic heterocycles. The first-order valence-electron chi connectivity index (χ1n) is 4.58. The van der Waals surface area contributed by atoms with Crippen molar-refractivity contribution in [2.24, 2.45) is 5.11 Å². The fourth-order valence-corrected chi connectivity index (χ4v) is 1.09. The van der Waals surface area contributed by atoms with Crippen LogP contribution in [0.5, 0.6) is 0 Å². The van der Waals surface area contributed by atoms with Crippen molar-refractivity contribution in [2.45, 2.75) is 19.5 Å². The van der Waals surface area contributed by atoms with Crippen LogP contribution in [0.25, 0.3) is 10.4 Å². The lowest BCUT2D eigenvalue weighted by Gasteiger charge is -2.01. The average molecular weight is 243 g/mol. The molecule has 8 heteroatoms. The Morgan fingerprint density at radius 3 is 2.82 bits per heavy atom. The van der Waals surface area contributed by atoms with Crippen LogP contribution in [0.15, 0.2) is 5.11 Å². The summed E-state index contributed by atoms with van der Waals surface area (Å²) in [6.45, 7) is 1.58. The van der Waals surface area contributed by atoms with Gasteiger partial charge < -0.3 is 0 Å². The van der Waals surface area contributed by atoms with Crippen molar-refractivity contribution in [3.63, 3.8) is 0 Å². The minimum atomic E-state index is -4.53. The smallest absolute Gasteiger partial charge is 0.281 e. The second-order valence-corrected chi connectivity index (χ2v) is 3.08. The van der Waals surface area contributed by atoms with Crippen LogP contribution in [0.3, 0.4) is 0 Å². The number of hydrogen-bond donors (Lipinski definition) is 1. The van der Waals surface area contributed by atoms with E-state index in [-0.39, 0.29) is 24.2 Å². The number of halogens is 3. The summed E-state index contributed by atoms with van der Waals surface area (Å²) < 4.78 is 37.4. The summed E-state index contributed by atoms with van der Waals surface area (Å²) in [5.41, 5.74) is 7.06. The lowest BCUT2D eigenvalue weighted by Crippen LogP contribution is -2.07. The molecular formula is C9H8F3N5. The summed E-state index contributed by atoms with van der Waals surface area (Å²) in [6.07, 6.45) is -4.33. The van der Waals surface area contributed by atoms with E-state index < -0.39 is 11.9 Å². The number of rotatable bonds is 2. The summed E-state index contributed by atoms with van der Waals surface area (Å²) in [6, 6.07) is 0. The first kappa shape index (κ1) is 12.9. The molecule has 0 amide bonds. The summed E-state index contributed by atoms with van der Waals surface area (Å²) >= 11 is 0. The predicted octanol–water partition coefficient (Wildman–Crippen LogP) is 2.79. The summed E-state index contributed by atoms with van der Waals surface area (Å²) in [5.74, 6) is 4.88. The van der Waals surface area contributed by atoms with Crippen LogP contribution >= 0.6 is 0 Å². The molecule has 0 saturated carbocycles. The van der Waals surface area contributed by atoms with E-state index in [0.717, 1.165) is 0 Å². The maximum atomic E-state index is 12.5. The van der Waals surface area contributed by atoms with Crippen LogP contribution in [0.4, 0.5) is 13.2 Å². The number of hydrogen-bond acceptors (Lipinski definition) is 2. The van der Waals surface area contributed by atoms with E-state index in [9.17, 15) is 13.2 Å². The van der Waals surface area contributed by atoms with E-state index in [1.54, 1.807) is 0 Å². The highest BCUT2D eigenvalue weighted by Crippen LogP contribution is 2.30. The lowest BCUT2D eigenvalue weighted by molar-refractivity contribution is -0.141. The standard InChI is InChI=1S/C9H8F3N5/c1-6-7(4-2-3-5-14-17-13)8(16-15-6)9(10,11)12/h3,5H2,1H3,(H,15,16). The van der Waals surface area contributed by atoms with Crippen LogP contribution in [0.2, 0.25) is 0 Å². The molecule has 17 heavy (non-hydrogen) atoms. The molecule has 0 bridgehead atoms. The molecule has 0 fully saturated rings. The van der Waals surface area contributed by atoms with Gasteiger partial charge in [0.05, 0.1) is 5.56 Å². The number of aromatic amines is 1. The zero-order valence-corrected chi connectivity index (χ0v) is 8.84. The van der Waals surface area contributed by atoms with Crippen molar-refractivity contribution in [3.8, 4) is 11.8 Å². The fourth-order valence-electron chi connectivity index (χ4n) is 1.09. The number of nitrogens with zero attached hydrogens (tertiary/aromatic N) is 4. The van der Waals surface area contributed by atoms with Gasteiger partial charge in [-0.2, -0.15) is 18.3 Å². The van der Waals surface area contributed by atoms with Gasteiger partial charge >= 0.3 is 6.18 Å². The Hall–Kier alpha value is -2.13. The molecule has 0 radical (unpaired) electrons. The van der Waals surface area contributed by atoms with Crippen molar-refractivity contribution in [1.29, 1.82) is 0 Å². The second-order valence-electron chi connectivity index (χ2n) is 3.08. The first-order valence-corrected chi connectivity index (χ1v) is 4.58. The molecule has 0 aromatic carbocycles. The highest BCUT2D eigenvalue weighted by molar-refractivity contribution is 5.42. The predicted molar refractivity (Wildman–Crippen MR) is 53.8 cm³/mol. The average Bonchev–Trinajstić information content (AvgIpc) is 2.59. The van der Waals surface area contributed by atoms with Crippen LogP contribution in [-0.2, 0) is 6.18 Å². The van der Waals surface area contributed by atoms with Crippen molar-refractivity contribution in [2.75, 3.05) is 6.54 Å². The van der Waals surface area contributed by atoms with Gasteiger partial charge in [0, 0.05) is 23.6 Å². The quantitative estimate of drug-likeness (QED) is 0.280. The Kier molecular flexibility index (Phi) is 4.01. The van der Waals surface area contributed by atoms with E-state index >= 15 is 0 Å². The van der Waals surface area contributed by atoms with Gasteiger partial charge in [0.25, 0.3) is 0 Å². The molecule has 1 aromatic rings. The van der Waals surface area contributed by atoms with Gasteiger partial charge in [-0.3, -0.25) is 5.10 Å². The number of H-pyrrole nitrogens is 1. The summed E-state index contributed by atoms with van der Waals surface area (Å²) in [5, 5.41) is 8.63. The zero-order chi connectivity index (χ0) is 12.9. The highest BCUT2D eigenvalue weighted by atomic mass is 19.4. The highest BCUT2D eigenvalue weighted by Gasteiger charge is 2.37. The van der Waals surface area contributed by atoms with Crippen LogP contribution < -0.4 is 0 Å². The van der Waals surface area contributed by atoms with Crippen molar-refractivity contribution in [3.05, 3.63) is 27.4 Å². The van der Waals surface area contributed by atoms with Crippen molar-refractivity contribution in [1.82, 2.24) is 10.2 Å². The van der Waals surface area contributed by atoms with E-state index in [0.29, 0.717) is 0 Å². The van der Waals surface area contributed by atoms with Gasteiger partial charge in [-0.1, -0.05) is 17.0 Å². The lowest BCUT2D eigenvalue weighted by atomic mass is 10.2. The van der Waals surface area contributed by atoms with Gasteiger partial charge in [0.1, 0.15) is 0 Å². The van der Waals surface area contributed by atoms with Crippen molar-refractivity contribution >= 4 is 0 Å².